The quantitative estimate of drug-likeness (QED) is 0.693. The van der Waals surface area contributed by atoms with Crippen LogP contribution < -0.4 is 5.32 Å². The van der Waals surface area contributed by atoms with Crippen molar-refractivity contribution in [3.05, 3.63) is 0 Å². The van der Waals surface area contributed by atoms with Crippen LogP contribution in [0.25, 0.3) is 0 Å². The SMILES string of the molecule is CCOC1CCN(C(CNCC(C)C)COC)CC1. The zero-order chi connectivity index (χ0) is 14.1. The van der Waals surface area contributed by atoms with Gasteiger partial charge in [-0.3, -0.25) is 4.90 Å². The van der Waals surface area contributed by atoms with Gasteiger partial charge in [-0.15, -0.1) is 0 Å². The first kappa shape index (κ1) is 16.9. The van der Waals surface area contributed by atoms with Crippen LogP contribution >= 0.6 is 0 Å². The standard InChI is InChI=1S/C15H32N2O2/c1-5-19-15-6-8-17(9-7-15)14(12-18-4)11-16-10-13(2)3/h13-16H,5-12H2,1-4H3. The van der Waals surface area contributed by atoms with E-state index in [1.54, 1.807) is 7.11 Å². The molecular weight excluding hydrogens is 240 g/mol. The van der Waals surface area contributed by atoms with Gasteiger partial charge in [-0.05, 0) is 32.2 Å². The Morgan fingerprint density at radius 1 is 1.21 bits per heavy atom. The lowest BCUT2D eigenvalue weighted by Gasteiger charge is -2.37. The fourth-order valence-electron chi connectivity index (χ4n) is 2.67. The van der Waals surface area contributed by atoms with Gasteiger partial charge in [0.05, 0.1) is 12.7 Å². The molecule has 1 atom stereocenters. The second-order valence-corrected chi connectivity index (χ2v) is 5.85. The number of nitrogens with zero attached hydrogens (tertiary/aromatic N) is 1. The van der Waals surface area contributed by atoms with Crippen LogP contribution in [0.3, 0.4) is 0 Å². The smallest absolute Gasteiger partial charge is 0.0630 e. The number of methoxy groups -OCH3 is 1. The van der Waals surface area contributed by atoms with E-state index in [-0.39, 0.29) is 0 Å². The molecule has 0 aliphatic carbocycles. The summed E-state index contributed by atoms with van der Waals surface area (Å²) in [5.41, 5.74) is 0. The van der Waals surface area contributed by atoms with E-state index in [4.69, 9.17) is 9.47 Å². The first-order chi connectivity index (χ1) is 9.17. The predicted octanol–water partition coefficient (Wildman–Crippen LogP) is 1.75. The average Bonchev–Trinajstić information content (AvgIpc) is 2.39. The third-order valence-corrected chi connectivity index (χ3v) is 3.69. The molecule has 1 N–H and O–H groups in total. The summed E-state index contributed by atoms with van der Waals surface area (Å²) < 4.78 is 11.1. The Morgan fingerprint density at radius 3 is 2.42 bits per heavy atom. The number of hydrogen-bond donors (Lipinski definition) is 1. The molecular formula is C15H32N2O2. The van der Waals surface area contributed by atoms with Gasteiger partial charge in [0.15, 0.2) is 0 Å². The lowest BCUT2D eigenvalue weighted by atomic mass is 10.1. The lowest BCUT2D eigenvalue weighted by Crippen LogP contribution is -2.50. The topological polar surface area (TPSA) is 33.7 Å². The Labute approximate surface area is 118 Å². The Kier molecular flexibility index (Phi) is 8.62. The van der Waals surface area contributed by atoms with Gasteiger partial charge in [-0.2, -0.15) is 0 Å². The molecule has 114 valence electrons. The van der Waals surface area contributed by atoms with Crippen LogP contribution in [-0.2, 0) is 9.47 Å². The predicted molar refractivity (Wildman–Crippen MR) is 79.6 cm³/mol. The van der Waals surface area contributed by atoms with Gasteiger partial charge in [-0.25, -0.2) is 0 Å². The summed E-state index contributed by atoms with van der Waals surface area (Å²) in [4.78, 5) is 2.55. The van der Waals surface area contributed by atoms with Crippen LogP contribution in [-0.4, -0.2) is 63.5 Å². The maximum atomic E-state index is 5.71. The Bertz CT molecular complexity index is 216. The molecule has 1 unspecified atom stereocenters. The highest BCUT2D eigenvalue weighted by Crippen LogP contribution is 2.16. The number of piperidine rings is 1. The van der Waals surface area contributed by atoms with Gasteiger partial charge in [0, 0.05) is 39.4 Å². The molecule has 0 aromatic heterocycles. The maximum absolute atomic E-state index is 5.71. The van der Waals surface area contributed by atoms with Crippen molar-refractivity contribution in [1.82, 2.24) is 10.2 Å². The second-order valence-electron chi connectivity index (χ2n) is 5.85. The van der Waals surface area contributed by atoms with Crippen molar-refractivity contribution in [2.75, 3.05) is 46.5 Å². The highest BCUT2D eigenvalue weighted by atomic mass is 16.5. The fourth-order valence-corrected chi connectivity index (χ4v) is 2.67. The van der Waals surface area contributed by atoms with Gasteiger partial charge in [0.1, 0.15) is 0 Å². The average molecular weight is 272 g/mol. The second kappa shape index (κ2) is 9.70. The van der Waals surface area contributed by atoms with Gasteiger partial charge in [0.25, 0.3) is 0 Å². The first-order valence-electron chi connectivity index (χ1n) is 7.72. The third kappa shape index (κ3) is 6.70. The minimum absolute atomic E-state index is 0.466. The van der Waals surface area contributed by atoms with Crippen molar-refractivity contribution in [2.45, 2.75) is 45.8 Å². The molecule has 0 saturated carbocycles. The Balaban J connectivity index is 2.31. The van der Waals surface area contributed by atoms with Crippen LogP contribution in [0.5, 0.6) is 0 Å². The largest absolute Gasteiger partial charge is 0.383 e. The van der Waals surface area contributed by atoms with E-state index in [9.17, 15) is 0 Å². The highest BCUT2D eigenvalue weighted by molar-refractivity contribution is 4.80. The van der Waals surface area contributed by atoms with Gasteiger partial charge in [0.2, 0.25) is 0 Å². The van der Waals surface area contributed by atoms with Crippen LogP contribution in [0.2, 0.25) is 0 Å². The van der Waals surface area contributed by atoms with E-state index in [1.807, 2.05) is 0 Å². The fraction of sp³-hybridized carbons (Fsp3) is 1.00. The normalized spacial score (nSPS) is 20.1. The molecule has 1 aliphatic heterocycles. The van der Waals surface area contributed by atoms with Crippen molar-refractivity contribution < 1.29 is 9.47 Å². The molecule has 1 heterocycles. The molecule has 0 spiro atoms. The summed E-state index contributed by atoms with van der Waals surface area (Å²) >= 11 is 0. The number of rotatable bonds is 9. The Morgan fingerprint density at radius 2 is 1.89 bits per heavy atom. The molecule has 19 heavy (non-hydrogen) atoms. The summed E-state index contributed by atoms with van der Waals surface area (Å²) in [5.74, 6) is 0.701. The zero-order valence-electron chi connectivity index (χ0n) is 13.2. The van der Waals surface area contributed by atoms with Gasteiger partial charge < -0.3 is 14.8 Å². The van der Waals surface area contributed by atoms with E-state index in [0.717, 1.165) is 52.2 Å². The van der Waals surface area contributed by atoms with Crippen molar-refractivity contribution in [3.8, 4) is 0 Å². The van der Waals surface area contributed by atoms with E-state index < -0.39 is 0 Å². The van der Waals surface area contributed by atoms with Crippen LogP contribution in [0.1, 0.15) is 33.6 Å². The summed E-state index contributed by atoms with van der Waals surface area (Å²) in [6, 6.07) is 0.492. The molecule has 1 fully saturated rings. The van der Waals surface area contributed by atoms with E-state index in [2.05, 4.69) is 31.0 Å². The van der Waals surface area contributed by atoms with Crippen molar-refractivity contribution in [1.29, 1.82) is 0 Å². The lowest BCUT2D eigenvalue weighted by molar-refractivity contribution is -0.00694. The van der Waals surface area contributed by atoms with Gasteiger partial charge >= 0.3 is 0 Å². The third-order valence-electron chi connectivity index (χ3n) is 3.69. The van der Waals surface area contributed by atoms with Crippen LogP contribution in [0.15, 0.2) is 0 Å². The number of likely N-dealkylation sites (tertiary alicyclic amines) is 1. The summed E-state index contributed by atoms with van der Waals surface area (Å²) in [6.07, 6.45) is 2.77. The maximum Gasteiger partial charge on any atom is 0.0630 e. The van der Waals surface area contributed by atoms with Crippen molar-refractivity contribution in [2.24, 2.45) is 5.92 Å². The summed E-state index contributed by atoms with van der Waals surface area (Å²) in [7, 11) is 1.79. The molecule has 0 aromatic rings. The van der Waals surface area contributed by atoms with Crippen molar-refractivity contribution in [3.63, 3.8) is 0 Å². The van der Waals surface area contributed by atoms with Crippen molar-refractivity contribution >= 4 is 0 Å². The molecule has 4 nitrogen and oxygen atoms in total. The molecule has 4 heteroatoms. The molecule has 1 aliphatic rings. The molecule has 0 aromatic carbocycles. The Hall–Kier alpha value is -0.160. The minimum atomic E-state index is 0.466. The molecule has 0 amide bonds. The van der Waals surface area contributed by atoms with Crippen LogP contribution in [0.4, 0.5) is 0 Å². The molecule has 1 saturated heterocycles. The molecule has 0 bridgehead atoms. The van der Waals surface area contributed by atoms with Gasteiger partial charge in [-0.1, -0.05) is 13.8 Å². The molecule has 1 rings (SSSR count). The summed E-state index contributed by atoms with van der Waals surface area (Å²) in [5, 5.41) is 3.55. The highest BCUT2D eigenvalue weighted by Gasteiger charge is 2.25. The summed E-state index contributed by atoms with van der Waals surface area (Å²) in [6.45, 7) is 12.6. The zero-order valence-corrected chi connectivity index (χ0v) is 13.2. The van der Waals surface area contributed by atoms with E-state index >= 15 is 0 Å². The van der Waals surface area contributed by atoms with E-state index in [1.165, 1.54) is 0 Å². The first-order valence-corrected chi connectivity index (χ1v) is 7.72. The molecule has 0 radical (unpaired) electrons. The minimum Gasteiger partial charge on any atom is -0.383 e. The number of ether oxygens (including phenoxy) is 2. The number of nitrogens with one attached hydrogen (secondary N) is 1. The van der Waals surface area contributed by atoms with E-state index in [0.29, 0.717) is 18.1 Å². The monoisotopic (exact) mass is 272 g/mol. The van der Waals surface area contributed by atoms with Crippen LogP contribution in [0, 0.1) is 5.92 Å². The number of hydrogen-bond acceptors (Lipinski definition) is 4.